The Kier molecular flexibility index (Phi) is 7.94. The lowest BCUT2D eigenvalue weighted by atomic mass is 9.89. The number of carbonyl (C=O) groups is 1. The Bertz CT molecular complexity index is 1620. The van der Waals surface area contributed by atoms with Gasteiger partial charge < -0.3 is 15.4 Å². The van der Waals surface area contributed by atoms with Crippen LogP contribution in [0.2, 0.25) is 0 Å². The van der Waals surface area contributed by atoms with Gasteiger partial charge in [-0.1, -0.05) is 72.8 Å². The fourth-order valence-corrected chi connectivity index (χ4v) is 6.54. The van der Waals surface area contributed by atoms with E-state index in [0.29, 0.717) is 18.5 Å². The van der Waals surface area contributed by atoms with Crippen LogP contribution < -0.4 is 20.1 Å². The van der Waals surface area contributed by atoms with Crippen LogP contribution >= 0.6 is 0 Å². The molecule has 1 aliphatic rings. The van der Waals surface area contributed by atoms with Crippen LogP contribution in [-0.4, -0.2) is 27.0 Å². The van der Waals surface area contributed by atoms with Gasteiger partial charge in [-0.15, -0.1) is 0 Å². The molecule has 4 aromatic carbocycles. The zero-order valence-corrected chi connectivity index (χ0v) is 23.8. The SMILES string of the molecule is CNCc1ccc2c(c1)OC(C)(C)CC2NC(=O)CC(NS(=O)(=O)c1ccc2ccccc2c1)c1ccccc1. The van der Waals surface area contributed by atoms with E-state index >= 15 is 0 Å². The summed E-state index contributed by atoms with van der Waals surface area (Å²) < 4.78 is 36.0. The van der Waals surface area contributed by atoms with Crippen molar-refractivity contribution in [1.82, 2.24) is 15.4 Å². The second-order valence-electron chi connectivity index (χ2n) is 10.9. The topological polar surface area (TPSA) is 96.5 Å². The molecule has 0 bridgehead atoms. The molecule has 0 fully saturated rings. The number of benzene rings is 4. The highest BCUT2D eigenvalue weighted by molar-refractivity contribution is 7.89. The number of fused-ring (bicyclic) bond motifs is 2. The summed E-state index contributed by atoms with van der Waals surface area (Å²) in [6.07, 6.45) is 0.539. The van der Waals surface area contributed by atoms with Gasteiger partial charge in [0.1, 0.15) is 11.4 Å². The smallest absolute Gasteiger partial charge is 0.241 e. The molecule has 4 aromatic rings. The normalized spacial score (nSPS) is 17.0. The van der Waals surface area contributed by atoms with Crippen molar-refractivity contribution in [3.63, 3.8) is 0 Å². The number of amides is 1. The average Bonchev–Trinajstić information content (AvgIpc) is 2.92. The number of carbonyl (C=O) groups excluding carboxylic acids is 1. The lowest BCUT2D eigenvalue weighted by molar-refractivity contribution is -0.122. The van der Waals surface area contributed by atoms with Crippen LogP contribution in [0, 0.1) is 0 Å². The van der Waals surface area contributed by atoms with Gasteiger partial charge in [0.15, 0.2) is 0 Å². The second kappa shape index (κ2) is 11.4. The van der Waals surface area contributed by atoms with Crippen LogP contribution in [0.4, 0.5) is 0 Å². The average molecular weight is 558 g/mol. The van der Waals surface area contributed by atoms with Gasteiger partial charge in [-0.2, -0.15) is 0 Å². The monoisotopic (exact) mass is 557 g/mol. The van der Waals surface area contributed by atoms with E-state index < -0.39 is 21.7 Å². The molecule has 0 radical (unpaired) electrons. The first-order valence-corrected chi connectivity index (χ1v) is 14.9. The Morgan fingerprint density at radius 3 is 2.42 bits per heavy atom. The largest absolute Gasteiger partial charge is 0.487 e. The first kappa shape index (κ1) is 27.8. The molecule has 7 nitrogen and oxygen atoms in total. The molecule has 8 heteroatoms. The van der Waals surface area contributed by atoms with Crippen molar-refractivity contribution in [3.8, 4) is 5.75 Å². The summed E-state index contributed by atoms with van der Waals surface area (Å²) >= 11 is 0. The van der Waals surface area contributed by atoms with E-state index in [4.69, 9.17) is 4.74 Å². The van der Waals surface area contributed by atoms with Crippen LogP contribution in [0.15, 0.2) is 95.9 Å². The standard InChI is InChI=1S/C32H35N3O4S/c1-32(2)20-29(27-16-13-22(21-33-3)17-30(27)39-32)34-31(36)19-28(24-10-5-4-6-11-24)35-40(37,38)26-15-14-23-9-7-8-12-25(23)18-26/h4-18,28-29,33,35H,19-21H2,1-3H3,(H,34,36). The Hall–Kier alpha value is -3.72. The Balaban J connectivity index is 1.38. The molecule has 0 saturated carbocycles. The lowest BCUT2D eigenvalue weighted by Crippen LogP contribution is -2.42. The molecular weight excluding hydrogens is 522 g/mol. The molecule has 208 valence electrons. The highest BCUT2D eigenvalue weighted by Crippen LogP contribution is 2.40. The fraction of sp³-hybridized carbons (Fsp3) is 0.281. The molecule has 5 rings (SSSR count). The first-order chi connectivity index (χ1) is 19.1. The summed E-state index contributed by atoms with van der Waals surface area (Å²) in [5.74, 6) is 0.508. The van der Waals surface area contributed by atoms with Crippen molar-refractivity contribution in [2.75, 3.05) is 7.05 Å². The van der Waals surface area contributed by atoms with Crippen molar-refractivity contribution in [2.24, 2.45) is 0 Å². The van der Waals surface area contributed by atoms with Gasteiger partial charge in [-0.25, -0.2) is 13.1 Å². The molecule has 1 amide bonds. The summed E-state index contributed by atoms with van der Waals surface area (Å²) in [6, 6.07) is 26.9. The van der Waals surface area contributed by atoms with Crippen molar-refractivity contribution < 1.29 is 17.9 Å². The minimum atomic E-state index is -3.91. The van der Waals surface area contributed by atoms with E-state index in [2.05, 4.69) is 15.4 Å². The zero-order valence-electron chi connectivity index (χ0n) is 23.0. The molecule has 0 aromatic heterocycles. The number of nitrogens with one attached hydrogen (secondary N) is 3. The molecule has 3 N–H and O–H groups in total. The number of hydrogen-bond donors (Lipinski definition) is 3. The predicted molar refractivity (Wildman–Crippen MR) is 157 cm³/mol. The van der Waals surface area contributed by atoms with E-state index in [0.717, 1.165) is 27.6 Å². The number of rotatable bonds is 9. The summed E-state index contributed by atoms with van der Waals surface area (Å²) in [5, 5.41) is 8.10. The van der Waals surface area contributed by atoms with Gasteiger partial charge in [0.25, 0.3) is 0 Å². The summed E-state index contributed by atoms with van der Waals surface area (Å²) in [4.78, 5) is 13.6. The Labute approximate surface area is 236 Å². The minimum Gasteiger partial charge on any atom is -0.487 e. The van der Waals surface area contributed by atoms with Gasteiger partial charge in [0.2, 0.25) is 15.9 Å². The summed E-state index contributed by atoms with van der Waals surface area (Å²) in [5.41, 5.74) is 2.25. The van der Waals surface area contributed by atoms with E-state index in [1.54, 1.807) is 18.2 Å². The van der Waals surface area contributed by atoms with Crippen LogP contribution in [0.1, 0.15) is 55.5 Å². The Morgan fingerprint density at radius 1 is 0.950 bits per heavy atom. The van der Waals surface area contributed by atoms with Gasteiger partial charge >= 0.3 is 0 Å². The van der Waals surface area contributed by atoms with Gasteiger partial charge in [0, 0.05) is 24.9 Å². The summed E-state index contributed by atoms with van der Waals surface area (Å²) in [6.45, 7) is 4.72. The van der Waals surface area contributed by atoms with Crippen molar-refractivity contribution in [3.05, 3.63) is 108 Å². The van der Waals surface area contributed by atoms with E-state index in [1.165, 1.54) is 0 Å². The Morgan fingerprint density at radius 2 is 1.68 bits per heavy atom. The molecule has 1 aliphatic heterocycles. The van der Waals surface area contributed by atoms with Crippen LogP contribution in [0.5, 0.6) is 5.75 Å². The molecular formula is C32H35N3O4S. The number of sulfonamides is 1. The highest BCUT2D eigenvalue weighted by atomic mass is 32.2. The number of ether oxygens (including phenoxy) is 1. The fourth-order valence-electron chi connectivity index (χ4n) is 5.28. The highest BCUT2D eigenvalue weighted by Gasteiger charge is 2.35. The van der Waals surface area contributed by atoms with Crippen molar-refractivity contribution in [1.29, 1.82) is 0 Å². The van der Waals surface area contributed by atoms with Gasteiger partial charge in [-0.05, 0) is 61.0 Å². The maximum absolute atomic E-state index is 13.5. The van der Waals surface area contributed by atoms with Crippen LogP contribution in [0.3, 0.4) is 0 Å². The molecule has 2 atom stereocenters. The van der Waals surface area contributed by atoms with Gasteiger partial charge in [0.05, 0.1) is 17.0 Å². The minimum absolute atomic E-state index is 0.0538. The third-order valence-electron chi connectivity index (χ3n) is 7.17. The quantitative estimate of drug-likeness (QED) is 0.257. The molecule has 0 saturated heterocycles. The van der Waals surface area contributed by atoms with Crippen molar-refractivity contribution >= 4 is 26.7 Å². The molecule has 2 unspecified atom stereocenters. The van der Waals surface area contributed by atoms with Crippen LogP contribution in [0.25, 0.3) is 10.8 Å². The van der Waals surface area contributed by atoms with Crippen LogP contribution in [-0.2, 0) is 21.4 Å². The first-order valence-electron chi connectivity index (χ1n) is 13.5. The predicted octanol–water partition coefficient (Wildman–Crippen LogP) is 5.39. The molecule has 0 aliphatic carbocycles. The summed E-state index contributed by atoms with van der Waals surface area (Å²) in [7, 11) is -2.02. The zero-order chi connectivity index (χ0) is 28.3. The molecule has 0 spiro atoms. The third kappa shape index (κ3) is 6.36. The third-order valence-corrected chi connectivity index (χ3v) is 8.64. The van der Waals surface area contributed by atoms with E-state index in [9.17, 15) is 13.2 Å². The van der Waals surface area contributed by atoms with E-state index in [1.807, 2.05) is 93.7 Å². The van der Waals surface area contributed by atoms with Crippen molar-refractivity contribution in [2.45, 2.75) is 55.8 Å². The molecule has 1 heterocycles. The lowest BCUT2D eigenvalue weighted by Gasteiger charge is -2.38. The van der Waals surface area contributed by atoms with E-state index in [-0.39, 0.29) is 23.3 Å². The number of hydrogen-bond acceptors (Lipinski definition) is 5. The maximum atomic E-state index is 13.5. The maximum Gasteiger partial charge on any atom is 0.241 e. The van der Waals surface area contributed by atoms with Gasteiger partial charge in [-0.3, -0.25) is 4.79 Å². The molecule has 40 heavy (non-hydrogen) atoms. The second-order valence-corrected chi connectivity index (χ2v) is 12.6.